The molecule has 0 aliphatic heterocycles. The maximum Gasteiger partial charge on any atom is 0.0832 e. The molecule has 2 rings (SSSR count). The lowest BCUT2D eigenvalue weighted by molar-refractivity contribution is -0.0300. The van der Waals surface area contributed by atoms with Gasteiger partial charge in [-0.2, -0.15) is 0 Å². The van der Waals surface area contributed by atoms with Crippen LogP contribution in [0.3, 0.4) is 0 Å². The van der Waals surface area contributed by atoms with Crippen molar-refractivity contribution in [3.8, 4) is 0 Å². The summed E-state index contributed by atoms with van der Waals surface area (Å²) in [6.07, 6.45) is 1.24. The predicted molar refractivity (Wildman–Crippen MR) is 45.5 cm³/mol. The van der Waals surface area contributed by atoms with E-state index in [-0.39, 0.29) is 0 Å². The highest BCUT2D eigenvalue weighted by Crippen LogP contribution is 2.48. The van der Waals surface area contributed by atoms with Gasteiger partial charge in [0.05, 0.1) is 12.2 Å². The fraction of sp³-hybridized carbons (Fsp3) is 1.00. The Morgan fingerprint density at radius 2 is 1.91 bits per heavy atom. The van der Waals surface area contributed by atoms with Crippen LogP contribution >= 0.6 is 15.9 Å². The van der Waals surface area contributed by atoms with Gasteiger partial charge in [-0.15, -0.1) is 0 Å². The molecule has 2 nitrogen and oxygen atoms in total. The van der Waals surface area contributed by atoms with Crippen LogP contribution in [-0.4, -0.2) is 27.8 Å². The molecule has 64 valence electrons. The monoisotopic (exact) mass is 220 g/mol. The van der Waals surface area contributed by atoms with Crippen molar-refractivity contribution in [1.82, 2.24) is 0 Å². The summed E-state index contributed by atoms with van der Waals surface area (Å²) in [5.74, 6) is 1.32. The van der Waals surface area contributed by atoms with Crippen LogP contribution in [0.25, 0.3) is 0 Å². The first-order valence-corrected chi connectivity index (χ1v) is 5.28. The van der Waals surface area contributed by atoms with Gasteiger partial charge in [0.1, 0.15) is 0 Å². The molecule has 11 heavy (non-hydrogen) atoms. The number of aliphatic hydroxyl groups excluding tert-OH is 2. The van der Waals surface area contributed by atoms with Gasteiger partial charge in [-0.25, -0.2) is 0 Å². The molecule has 0 aromatic rings. The quantitative estimate of drug-likeness (QED) is 0.642. The second kappa shape index (κ2) is 2.71. The van der Waals surface area contributed by atoms with E-state index in [0.29, 0.717) is 17.8 Å². The summed E-state index contributed by atoms with van der Waals surface area (Å²) >= 11 is 3.43. The van der Waals surface area contributed by atoms with E-state index >= 15 is 0 Å². The zero-order valence-electron chi connectivity index (χ0n) is 6.28. The molecule has 0 amide bonds. The first-order valence-electron chi connectivity index (χ1n) is 4.16. The highest BCUT2D eigenvalue weighted by Gasteiger charge is 2.50. The first kappa shape index (κ1) is 8.02. The first-order chi connectivity index (χ1) is 5.24. The molecule has 2 saturated carbocycles. The molecule has 0 heterocycles. The molecule has 0 saturated heterocycles. The Labute approximate surface area is 74.7 Å². The topological polar surface area (TPSA) is 40.5 Å². The Balaban J connectivity index is 2.10. The third-order valence-electron chi connectivity index (χ3n) is 3.26. The van der Waals surface area contributed by atoms with Gasteiger partial charge < -0.3 is 10.2 Å². The fourth-order valence-electron chi connectivity index (χ4n) is 2.61. The van der Waals surface area contributed by atoms with Crippen LogP contribution in [0, 0.1) is 17.8 Å². The Kier molecular flexibility index (Phi) is 1.98. The van der Waals surface area contributed by atoms with Gasteiger partial charge in [0, 0.05) is 5.33 Å². The minimum atomic E-state index is -0.448. The summed E-state index contributed by atoms with van der Waals surface area (Å²) in [5, 5.41) is 19.9. The number of alkyl halides is 1. The molecule has 2 bridgehead atoms. The molecule has 2 aliphatic carbocycles. The summed E-state index contributed by atoms with van der Waals surface area (Å²) < 4.78 is 0. The number of hydrogen-bond acceptors (Lipinski definition) is 2. The lowest BCUT2D eigenvalue weighted by Gasteiger charge is -2.28. The van der Waals surface area contributed by atoms with E-state index < -0.39 is 12.2 Å². The van der Waals surface area contributed by atoms with E-state index in [1.54, 1.807) is 0 Å². The summed E-state index contributed by atoms with van der Waals surface area (Å²) in [6.45, 7) is 0. The summed E-state index contributed by atoms with van der Waals surface area (Å²) in [5.41, 5.74) is 0. The normalized spacial score (nSPS) is 55.4. The molecule has 5 unspecified atom stereocenters. The molecule has 0 radical (unpaired) electrons. The molecule has 0 spiro atoms. The Morgan fingerprint density at radius 3 is 2.36 bits per heavy atom. The molecular weight excluding hydrogens is 208 g/mol. The smallest absolute Gasteiger partial charge is 0.0832 e. The number of aliphatic hydroxyl groups is 2. The maximum atomic E-state index is 9.52. The molecule has 2 N–H and O–H groups in total. The summed E-state index contributed by atoms with van der Waals surface area (Å²) in [7, 11) is 0. The minimum absolute atomic E-state index is 0.356. The van der Waals surface area contributed by atoms with E-state index in [1.807, 2.05) is 0 Å². The van der Waals surface area contributed by atoms with Crippen molar-refractivity contribution in [1.29, 1.82) is 0 Å². The van der Waals surface area contributed by atoms with E-state index in [0.717, 1.165) is 18.2 Å². The number of fused-ring (bicyclic) bond motifs is 2. The highest BCUT2D eigenvalue weighted by molar-refractivity contribution is 9.09. The number of halogens is 1. The molecule has 2 fully saturated rings. The van der Waals surface area contributed by atoms with Crippen molar-refractivity contribution in [2.45, 2.75) is 25.0 Å². The van der Waals surface area contributed by atoms with Crippen molar-refractivity contribution >= 4 is 15.9 Å². The standard InChI is InChI=1S/C8H13BrO2/c9-3-5-1-4-2-6(5)8(11)7(4)10/h4-8,10-11H,1-3H2. The van der Waals surface area contributed by atoms with Crippen LogP contribution in [0.5, 0.6) is 0 Å². The SMILES string of the molecule is OC1C2CC(CBr)C(C2)C1O. The minimum Gasteiger partial charge on any atom is -0.390 e. The van der Waals surface area contributed by atoms with Crippen LogP contribution in [-0.2, 0) is 0 Å². The van der Waals surface area contributed by atoms with Gasteiger partial charge in [0.2, 0.25) is 0 Å². The second-order valence-corrected chi connectivity index (χ2v) is 4.44. The molecule has 0 aromatic heterocycles. The van der Waals surface area contributed by atoms with Crippen molar-refractivity contribution < 1.29 is 10.2 Å². The van der Waals surface area contributed by atoms with Gasteiger partial charge in [-0.3, -0.25) is 0 Å². The zero-order valence-corrected chi connectivity index (χ0v) is 7.87. The Bertz CT molecular complexity index is 156. The Hall–Kier alpha value is 0.400. The maximum absolute atomic E-state index is 9.52. The third-order valence-corrected chi connectivity index (χ3v) is 4.09. The Morgan fingerprint density at radius 1 is 1.18 bits per heavy atom. The largest absolute Gasteiger partial charge is 0.390 e. The summed E-state index contributed by atoms with van der Waals surface area (Å²) in [6, 6.07) is 0. The van der Waals surface area contributed by atoms with Gasteiger partial charge in [-0.1, -0.05) is 15.9 Å². The highest BCUT2D eigenvalue weighted by atomic mass is 79.9. The predicted octanol–water partition coefficient (Wildman–Crippen LogP) is 0.759. The molecular formula is C8H13BrO2. The van der Waals surface area contributed by atoms with Crippen LogP contribution in [0.15, 0.2) is 0 Å². The van der Waals surface area contributed by atoms with Crippen molar-refractivity contribution in [2.24, 2.45) is 17.8 Å². The van der Waals surface area contributed by atoms with Gasteiger partial charge in [-0.05, 0) is 30.6 Å². The fourth-order valence-corrected chi connectivity index (χ4v) is 3.35. The van der Waals surface area contributed by atoms with Gasteiger partial charge in [0.25, 0.3) is 0 Å². The van der Waals surface area contributed by atoms with Gasteiger partial charge in [0.15, 0.2) is 0 Å². The van der Waals surface area contributed by atoms with Crippen molar-refractivity contribution in [2.75, 3.05) is 5.33 Å². The molecule has 3 heteroatoms. The summed E-state index contributed by atoms with van der Waals surface area (Å²) in [4.78, 5) is 0. The van der Waals surface area contributed by atoms with Crippen molar-refractivity contribution in [3.05, 3.63) is 0 Å². The van der Waals surface area contributed by atoms with Crippen LogP contribution in [0.1, 0.15) is 12.8 Å². The van der Waals surface area contributed by atoms with Crippen LogP contribution < -0.4 is 0 Å². The third kappa shape index (κ3) is 1.05. The number of hydrogen-bond donors (Lipinski definition) is 2. The zero-order chi connectivity index (χ0) is 8.01. The van der Waals surface area contributed by atoms with E-state index in [1.165, 1.54) is 0 Å². The molecule has 5 atom stereocenters. The van der Waals surface area contributed by atoms with Crippen molar-refractivity contribution in [3.63, 3.8) is 0 Å². The van der Waals surface area contributed by atoms with E-state index in [2.05, 4.69) is 15.9 Å². The van der Waals surface area contributed by atoms with E-state index in [4.69, 9.17) is 0 Å². The lowest BCUT2D eigenvalue weighted by Crippen LogP contribution is -2.36. The number of rotatable bonds is 1. The van der Waals surface area contributed by atoms with E-state index in [9.17, 15) is 10.2 Å². The molecule has 0 aromatic carbocycles. The second-order valence-electron chi connectivity index (χ2n) is 3.79. The average molecular weight is 221 g/mol. The average Bonchev–Trinajstić information content (AvgIpc) is 2.53. The van der Waals surface area contributed by atoms with Crippen LogP contribution in [0.4, 0.5) is 0 Å². The molecule has 2 aliphatic rings. The van der Waals surface area contributed by atoms with Gasteiger partial charge >= 0.3 is 0 Å². The lowest BCUT2D eigenvalue weighted by atomic mass is 9.86. The van der Waals surface area contributed by atoms with Crippen LogP contribution in [0.2, 0.25) is 0 Å².